The van der Waals surface area contributed by atoms with E-state index in [4.69, 9.17) is 4.74 Å². The zero-order chi connectivity index (χ0) is 20.5. The van der Waals surface area contributed by atoms with Gasteiger partial charge in [-0.15, -0.1) is 0 Å². The van der Waals surface area contributed by atoms with Gasteiger partial charge in [-0.25, -0.2) is 0 Å². The summed E-state index contributed by atoms with van der Waals surface area (Å²) >= 11 is 0. The third-order valence-corrected chi connectivity index (χ3v) is 5.49. The molecule has 2 amide bonds. The predicted octanol–water partition coefficient (Wildman–Crippen LogP) is -1.44. The van der Waals surface area contributed by atoms with Gasteiger partial charge in [-0.3, -0.25) is 9.59 Å². The van der Waals surface area contributed by atoms with Gasteiger partial charge in [0.1, 0.15) is 18.3 Å². The van der Waals surface area contributed by atoms with Crippen molar-refractivity contribution in [2.24, 2.45) is 5.92 Å². The maximum Gasteiger partial charge on any atom is 0.227 e. The number of piperidine rings is 1. The SMILES string of the molecule is CC(=O)N1CCN(C(=O)[C@@H]2CCCNC2)CCCCOC[C@@H](O)[C@H](O)[C@@H](O)C1. The molecule has 162 valence electrons. The molecule has 4 N–H and O–H groups in total. The number of aliphatic hydroxyl groups is 3. The molecule has 0 bridgehead atoms. The van der Waals surface area contributed by atoms with Gasteiger partial charge in [0.2, 0.25) is 11.8 Å². The Balaban J connectivity index is 2.06. The van der Waals surface area contributed by atoms with Crippen LogP contribution in [-0.4, -0.2) is 108 Å². The van der Waals surface area contributed by atoms with Crippen molar-refractivity contribution in [2.75, 3.05) is 52.5 Å². The van der Waals surface area contributed by atoms with Crippen molar-refractivity contribution in [1.29, 1.82) is 0 Å². The summed E-state index contributed by atoms with van der Waals surface area (Å²) < 4.78 is 5.38. The number of rotatable bonds is 1. The average Bonchev–Trinajstić information content (AvgIpc) is 2.70. The maximum absolute atomic E-state index is 13.0. The molecular formula is C19H35N3O6. The van der Waals surface area contributed by atoms with Crippen LogP contribution in [0.4, 0.5) is 0 Å². The average molecular weight is 402 g/mol. The van der Waals surface area contributed by atoms with E-state index in [1.807, 2.05) is 0 Å². The molecule has 2 fully saturated rings. The molecule has 0 aliphatic carbocycles. The minimum absolute atomic E-state index is 0.0442. The van der Waals surface area contributed by atoms with Crippen LogP contribution in [0.25, 0.3) is 0 Å². The minimum Gasteiger partial charge on any atom is -0.388 e. The Bertz CT molecular complexity index is 500. The molecule has 2 aliphatic rings. The molecule has 0 spiro atoms. The van der Waals surface area contributed by atoms with Crippen molar-refractivity contribution in [2.45, 2.75) is 50.9 Å². The second kappa shape index (κ2) is 11.7. The third-order valence-electron chi connectivity index (χ3n) is 5.49. The highest BCUT2D eigenvalue weighted by atomic mass is 16.5. The van der Waals surface area contributed by atoms with Crippen LogP contribution in [-0.2, 0) is 14.3 Å². The smallest absolute Gasteiger partial charge is 0.227 e. The van der Waals surface area contributed by atoms with E-state index in [-0.39, 0.29) is 37.4 Å². The Kier molecular flexibility index (Phi) is 9.60. The number of amides is 2. The van der Waals surface area contributed by atoms with Gasteiger partial charge >= 0.3 is 0 Å². The Hall–Kier alpha value is -1.26. The fourth-order valence-corrected chi connectivity index (χ4v) is 3.67. The number of aliphatic hydroxyl groups excluding tert-OH is 3. The zero-order valence-electron chi connectivity index (χ0n) is 16.8. The molecule has 0 radical (unpaired) electrons. The second-order valence-electron chi connectivity index (χ2n) is 7.74. The molecule has 2 aliphatic heterocycles. The van der Waals surface area contributed by atoms with Crippen molar-refractivity contribution in [3.8, 4) is 0 Å². The molecule has 0 aromatic rings. The summed E-state index contributed by atoms with van der Waals surface area (Å²) in [5.74, 6) is -0.201. The van der Waals surface area contributed by atoms with Crippen LogP contribution in [0.5, 0.6) is 0 Å². The molecule has 2 rings (SSSR count). The van der Waals surface area contributed by atoms with E-state index in [1.165, 1.54) is 11.8 Å². The Labute approximate surface area is 166 Å². The lowest BCUT2D eigenvalue weighted by Crippen LogP contribution is -2.50. The van der Waals surface area contributed by atoms with Crippen LogP contribution >= 0.6 is 0 Å². The summed E-state index contributed by atoms with van der Waals surface area (Å²) in [4.78, 5) is 28.2. The van der Waals surface area contributed by atoms with E-state index in [0.29, 0.717) is 32.7 Å². The van der Waals surface area contributed by atoms with E-state index in [9.17, 15) is 24.9 Å². The Morgan fingerprint density at radius 1 is 1.00 bits per heavy atom. The molecule has 9 nitrogen and oxygen atoms in total. The lowest BCUT2D eigenvalue weighted by atomic mass is 9.98. The van der Waals surface area contributed by atoms with E-state index < -0.39 is 18.3 Å². The summed E-state index contributed by atoms with van der Waals surface area (Å²) in [5.41, 5.74) is 0. The fourth-order valence-electron chi connectivity index (χ4n) is 3.67. The van der Waals surface area contributed by atoms with Crippen molar-refractivity contribution >= 4 is 11.8 Å². The van der Waals surface area contributed by atoms with Crippen LogP contribution in [0.3, 0.4) is 0 Å². The number of nitrogens with zero attached hydrogens (tertiary/aromatic N) is 2. The number of ether oxygens (including phenoxy) is 1. The monoisotopic (exact) mass is 401 g/mol. The number of hydrogen-bond donors (Lipinski definition) is 4. The Morgan fingerprint density at radius 3 is 2.43 bits per heavy atom. The number of carbonyl (C=O) groups excluding carboxylic acids is 2. The number of hydrogen-bond acceptors (Lipinski definition) is 7. The maximum atomic E-state index is 13.0. The van der Waals surface area contributed by atoms with Crippen LogP contribution in [0.2, 0.25) is 0 Å². The third kappa shape index (κ3) is 6.97. The lowest BCUT2D eigenvalue weighted by Gasteiger charge is -2.33. The van der Waals surface area contributed by atoms with E-state index >= 15 is 0 Å². The van der Waals surface area contributed by atoms with Crippen molar-refractivity contribution in [3.63, 3.8) is 0 Å². The van der Waals surface area contributed by atoms with Gasteiger partial charge in [-0.2, -0.15) is 0 Å². The van der Waals surface area contributed by atoms with Crippen molar-refractivity contribution < 1.29 is 29.6 Å². The summed E-state index contributed by atoms with van der Waals surface area (Å²) in [6, 6.07) is 0. The zero-order valence-corrected chi connectivity index (χ0v) is 16.8. The number of carbonyl (C=O) groups is 2. The van der Waals surface area contributed by atoms with Crippen molar-refractivity contribution in [3.05, 3.63) is 0 Å². The van der Waals surface area contributed by atoms with E-state index in [1.54, 1.807) is 4.90 Å². The minimum atomic E-state index is -1.41. The first-order chi connectivity index (χ1) is 13.4. The molecule has 0 saturated carbocycles. The number of nitrogens with one attached hydrogen (secondary N) is 1. The van der Waals surface area contributed by atoms with Crippen molar-refractivity contribution in [1.82, 2.24) is 15.1 Å². The largest absolute Gasteiger partial charge is 0.388 e. The van der Waals surface area contributed by atoms with E-state index in [2.05, 4.69) is 5.32 Å². The lowest BCUT2D eigenvalue weighted by molar-refractivity contribution is -0.140. The topological polar surface area (TPSA) is 123 Å². The number of β-amino-alcohol motifs (C(OH)–C–C–N with tert-alkyl or cyclic N) is 1. The highest BCUT2D eigenvalue weighted by molar-refractivity contribution is 5.79. The molecule has 0 unspecified atom stereocenters. The van der Waals surface area contributed by atoms with Gasteiger partial charge in [0, 0.05) is 46.3 Å². The van der Waals surface area contributed by atoms with Crippen LogP contribution in [0.1, 0.15) is 32.6 Å². The van der Waals surface area contributed by atoms with Gasteiger partial charge in [0.05, 0.1) is 12.5 Å². The first-order valence-electron chi connectivity index (χ1n) is 10.3. The fraction of sp³-hybridized carbons (Fsp3) is 0.895. The summed E-state index contributed by atoms with van der Waals surface area (Å²) in [6.07, 6.45) is -0.604. The molecule has 4 atom stereocenters. The molecule has 2 saturated heterocycles. The highest BCUT2D eigenvalue weighted by Gasteiger charge is 2.29. The van der Waals surface area contributed by atoms with Crippen LogP contribution in [0.15, 0.2) is 0 Å². The summed E-state index contributed by atoms with van der Waals surface area (Å²) in [5, 5.41) is 33.5. The molecule has 2 heterocycles. The first kappa shape index (κ1) is 23.0. The van der Waals surface area contributed by atoms with E-state index in [0.717, 1.165) is 25.8 Å². The van der Waals surface area contributed by atoms with Gasteiger partial charge in [-0.1, -0.05) is 0 Å². The summed E-state index contributed by atoms with van der Waals surface area (Å²) in [6.45, 7) is 4.45. The van der Waals surface area contributed by atoms with Gasteiger partial charge in [-0.05, 0) is 32.2 Å². The molecule has 0 aromatic heterocycles. The highest BCUT2D eigenvalue weighted by Crippen LogP contribution is 2.15. The molecule has 9 heteroatoms. The molecule has 28 heavy (non-hydrogen) atoms. The summed E-state index contributed by atoms with van der Waals surface area (Å²) in [7, 11) is 0. The molecular weight excluding hydrogens is 366 g/mol. The van der Waals surface area contributed by atoms with Crippen LogP contribution < -0.4 is 5.32 Å². The van der Waals surface area contributed by atoms with Gasteiger partial charge in [0.15, 0.2) is 0 Å². The second-order valence-corrected chi connectivity index (χ2v) is 7.74. The molecule has 0 aromatic carbocycles. The standard InChI is InChI=1S/C19H35N3O6/c1-14(23)22-9-8-21(19(27)15-5-4-6-20-11-15)7-2-3-10-28-13-17(25)18(26)16(24)12-22/h15-18,20,24-26H,2-13H2,1H3/t15-,16+,17-,18-/m1/s1. The predicted molar refractivity (Wildman–Crippen MR) is 103 cm³/mol. The first-order valence-corrected chi connectivity index (χ1v) is 10.3. The Morgan fingerprint density at radius 2 is 1.75 bits per heavy atom. The quantitative estimate of drug-likeness (QED) is 0.424. The van der Waals surface area contributed by atoms with Gasteiger partial charge in [0.25, 0.3) is 0 Å². The normalized spacial score (nSPS) is 31.9. The van der Waals surface area contributed by atoms with Crippen LogP contribution in [0, 0.1) is 5.92 Å². The van der Waals surface area contributed by atoms with Gasteiger partial charge < -0.3 is 35.2 Å².